The number of aliphatic hydroxyl groups excluding tert-OH is 1. The number of esters is 1. The van der Waals surface area contributed by atoms with Crippen molar-refractivity contribution < 1.29 is 37.4 Å². The first-order valence-electron chi connectivity index (χ1n) is 10.9. The first-order chi connectivity index (χ1) is 16.8. The number of hydrogen-bond acceptors (Lipinski definition) is 10. The molecule has 0 saturated carbocycles. The molecule has 15 heteroatoms. The lowest BCUT2D eigenvalue weighted by Gasteiger charge is -2.25. The van der Waals surface area contributed by atoms with E-state index < -0.39 is 61.7 Å². The molecule has 12 nitrogen and oxygen atoms in total. The summed E-state index contributed by atoms with van der Waals surface area (Å²) in [4.78, 5) is 27.9. The number of ether oxygens (including phenoxy) is 2. The number of carbonyl (C=O) groups is 1. The van der Waals surface area contributed by atoms with E-state index in [2.05, 4.69) is 10.1 Å². The zero-order valence-electron chi connectivity index (χ0n) is 19.6. The van der Waals surface area contributed by atoms with Gasteiger partial charge < -0.3 is 24.8 Å². The Labute approximate surface area is 211 Å². The number of nitrogen functional groups attached to an aromatic ring is 1. The van der Waals surface area contributed by atoms with Gasteiger partial charge in [0, 0.05) is 6.20 Å². The van der Waals surface area contributed by atoms with Gasteiger partial charge in [0.25, 0.3) is 5.13 Å². The monoisotopic (exact) mass is 548 g/mol. The van der Waals surface area contributed by atoms with E-state index in [-0.39, 0.29) is 11.6 Å². The van der Waals surface area contributed by atoms with Crippen molar-refractivity contribution in [2.45, 2.75) is 56.5 Å². The van der Waals surface area contributed by atoms with E-state index in [9.17, 15) is 19.3 Å². The normalized spacial score (nSPS) is 26.4. The van der Waals surface area contributed by atoms with Crippen molar-refractivity contribution in [3.05, 3.63) is 53.1 Å². The highest BCUT2D eigenvalue weighted by Gasteiger charge is 2.58. The minimum absolute atomic E-state index is 0.108. The molecule has 1 aliphatic rings. The molecule has 1 aliphatic heterocycles. The summed E-state index contributed by atoms with van der Waals surface area (Å²) in [5.41, 5.74) is 4.48. The Morgan fingerprint density at radius 2 is 2.03 bits per heavy atom. The molecule has 1 aromatic carbocycles. The van der Waals surface area contributed by atoms with Gasteiger partial charge >= 0.3 is 19.4 Å². The summed E-state index contributed by atoms with van der Waals surface area (Å²) < 4.78 is 51.0. The summed E-state index contributed by atoms with van der Waals surface area (Å²) in [7, 11) is -4.33. The van der Waals surface area contributed by atoms with Crippen LogP contribution >= 0.6 is 19.3 Å². The van der Waals surface area contributed by atoms with Crippen LogP contribution in [0, 0.1) is 0 Å². The number of nitrogens with zero attached hydrogens (tertiary/aromatic N) is 2. The zero-order chi connectivity index (χ0) is 26.7. The van der Waals surface area contributed by atoms with Crippen molar-refractivity contribution in [3.63, 3.8) is 0 Å². The maximum Gasteiger partial charge on any atom is 0.459 e. The number of para-hydroxylation sites is 1. The fourth-order valence-corrected chi connectivity index (χ4v) is 5.02. The van der Waals surface area contributed by atoms with E-state index >= 15 is 4.39 Å². The summed E-state index contributed by atoms with van der Waals surface area (Å²) in [6.45, 7) is 3.98. The highest BCUT2D eigenvalue weighted by atomic mass is 35.5. The summed E-state index contributed by atoms with van der Waals surface area (Å²) in [5, 5.41) is 9.94. The van der Waals surface area contributed by atoms with Crippen LogP contribution in [0.15, 0.2) is 47.4 Å². The van der Waals surface area contributed by atoms with Crippen molar-refractivity contribution in [3.8, 4) is 5.75 Å². The number of halogens is 2. The molecule has 6 atom stereocenters. The Bertz CT molecular complexity index is 1170. The van der Waals surface area contributed by atoms with Crippen molar-refractivity contribution in [1.29, 1.82) is 0 Å². The van der Waals surface area contributed by atoms with Gasteiger partial charge in [0.1, 0.15) is 29.8 Å². The molecular formula is C21H27ClFN4O8P. The molecule has 1 saturated heterocycles. The SMILES string of the molecule is CC(C)OC(=O)[C@@H](C)NP(=O)(OC[C@H]1O[C@@H](n2ccc(N)nc2=O)[C@@](F)(Cl)[C@@H]1O)Oc1ccccc1. The maximum absolute atomic E-state index is 15.2. The van der Waals surface area contributed by atoms with Gasteiger partial charge in [0.15, 0.2) is 6.23 Å². The molecule has 0 bridgehead atoms. The first-order valence-corrected chi connectivity index (χ1v) is 12.8. The highest BCUT2D eigenvalue weighted by molar-refractivity contribution is 7.52. The van der Waals surface area contributed by atoms with Crippen molar-refractivity contribution >= 4 is 31.1 Å². The van der Waals surface area contributed by atoms with Gasteiger partial charge in [-0.1, -0.05) is 29.8 Å². The Morgan fingerprint density at radius 3 is 2.64 bits per heavy atom. The van der Waals surface area contributed by atoms with Crippen LogP contribution in [0.5, 0.6) is 5.75 Å². The van der Waals surface area contributed by atoms with Gasteiger partial charge in [-0.2, -0.15) is 10.1 Å². The van der Waals surface area contributed by atoms with Crippen LogP contribution in [0.4, 0.5) is 10.2 Å². The predicted molar refractivity (Wildman–Crippen MR) is 127 cm³/mol. The van der Waals surface area contributed by atoms with Gasteiger partial charge in [0.2, 0.25) is 0 Å². The number of nitrogens with two attached hydrogens (primary N) is 1. The minimum atomic E-state index is -4.33. The van der Waals surface area contributed by atoms with Crippen LogP contribution in [-0.4, -0.2) is 56.7 Å². The molecule has 0 radical (unpaired) electrons. The third-order valence-electron chi connectivity index (χ3n) is 4.92. The van der Waals surface area contributed by atoms with E-state index in [4.69, 9.17) is 35.9 Å². The Hall–Kier alpha value is -2.54. The zero-order valence-corrected chi connectivity index (χ0v) is 21.3. The van der Waals surface area contributed by atoms with E-state index in [0.717, 1.165) is 10.8 Å². The second-order valence-electron chi connectivity index (χ2n) is 8.22. The van der Waals surface area contributed by atoms with Crippen LogP contribution in [0.2, 0.25) is 0 Å². The lowest BCUT2D eigenvalue weighted by molar-refractivity contribution is -0.149. The summed E-state index contributed by atoms with van der Waals surface area (Å²) in [6.07, 6.45) is -4.62. The first kappa shape index (κ1) is 28.0. The molecule has 1 fully saturated rings. The fraction of sp³-hybridized carbons (Fsp3) is 0.476. The molecule has 198 valence electrons. The minimum Gasteiger partial charge on any atom is -0.462 e. The molecule has 1 unspecified atom stereocenters. The van der Waals surface area contributed by atoms with Gasteiger partial charge in [0.05, 0.1) is 12.7 Å². The Kier molecular flexibility index (Phi) is 8.75. The largest absolute Gasteiger partial charge is 0.462 e. The quantitative estimate of drug-likeness (QED) is 0.226. The second kappa shape index (κ2) is 11.2. The van der Waals surface area contributed by atoms with Crippen LogP contribution in [0.1, 0.15) is 27.0 Å². The van der Waals surface area contributed by atoms with Crippen LogP contribution < -0.4 is 21.0 Å². The number of nitrogens with one attached hydrogen (secondary N) is 1. The summed E-state index contributed by atoms with van der Waals surface area (Å²) in [5.74, 6) is -0.689. The average molecular weight is 549 g/mol. The third kappa shape index (κ3) is 6.61. The average Bonchev–Trinajstić information content (AvgIpc) is 3.01. The molecule has 4 N–H and O–H groups in total. The molecule has 0 spiro atoms. The number of anilines is 1. The second-order valence-corrected chi connectivity index (χ2v) is 10.5. The van der Waals surface area contributed by atoms with E-state index in [0.29, 0.717) is 0 Å². The number of aliphatic hydroxyl groups is 1. The topological polar surface area (TPSA) is 164 Å². The number of aromatic nitrogens is 2. The lowest BCUT2D eigenvalue weighted by Crippen LogP contribution is -2.41. The highest BCUT2D eigenvalue weighted by Crippen LogP contribution is 2.48. The molecule has 3 rings (SSSR count). The van der Waals surface area contributed by atoms with Crippen molar-refractivity contribution in [2.75, 3.05) is 12.3 Å². The van der Waals surface area contributed by atoms with E-state index in [1.165, 1.54) is 25.1 Å². The van der Waals surface area contributed by atoms with Gasteiger partial charge in [-0.25, -0.2) is 13.8 Å². The third-order valence-corrected chi connectivity index (χ3v) is 6.97. The van der Waals surface area contributed by atoms with E-state index in [1.807, 2.05) is 0 Å². The number of hydrogen-bond donors (Lipinski definition) is 3. The number of rotatable bonds is 10. The smallest absolute Gasteiger partial charge is 0.459 e. The standard InChI is InChI=1S/C21H27ClFN4O8P/c1-12(2)33-18(29)13(3)26-36(31,35-14-7-5-4-6-8-14)32-11-15-17(28)21(22,23)19(34-15)27-10-9-16(24)25-20(27)30/h4-10,12-13,15,17,19,28H,11H2,1-3H3,(H,26,31)(H2,24,25,30)/t13-,15-,17-,19-,21-,36?/m1/s1. The molecule has 2 aromatic rings. The number of benzene rings is 1. The van der Waals surface area contributed by atoms with Crippen molar-refractivity contribution in [1.82, 2.24) is 14.6 Å². The number of carbonyl (C=O) groups excluding carboxylic acids is 1. The molecule has 2 heterocycles. The van der Waals surface area contributed by atoms with Crippen molar-refractivity contribution in [2.24, 2.45) is 0 Å². The summed E-state index contributed by atoms with van der Waals surface area (Å²) >= 11 is 5.89. The maximum atomic E-state index is 15.2. The molecular weight excluding hydrogens is 522 g/mol. The Balaban J connectivity index is 1.79. The number of alkyl halides is 2. The molecule has 0 aliphatic carbocycles. The Morgan fingerprint density at radius 1 is 1.36 bits per heavy atom. The van der Waals surface area contributed by atoms with Gasteiger partial charge in [-0.05, 0) is 39.0 Å². The lowest BCUT2D eigenvalue weighted by atomic mass is 10.1. The van der Waals surface area contributed by atoms with E-state index in [1.54, 1.807) is 32.0 Å². The molecule has 0 amide bonds. The van der Waals surface area contributed by atoms with Gasteiger partial charge in [-0.3, -0.25) is 13.9 Å². The predicted octanol–water partition coefficient (Wildman–Crippen LogP) is 2.12. The van der Waals surface area contributed by atoms with Crippen LogP contribution in [0.3, 0.4) is 0 Å². The molecule has 36 heavy (non-hydrogen) atoms. The summed E-state index contributed by atoms with van der Waals surface area (Å²) in [6, 6.07) is 8.03. The molecule has 1 aromatic heterocycles. The van der Waals surface area contributed by atoms with Gasteiger partial charge in [-0.15, -0.1) is 0 Å². The van der Waals surface area contributed by atoms with Crippen LogP contribution in [0.25, 0.3) is 0 Å². The van der Waals surface area contributed by atoms with Crippen LogP contribution in [-0.2, 0) is 23.4 Å². The fourth-order valence-electron chi connectivity index (χ4n) is 3.22.